The molecule has 0 saturated heterocycles. The van der Waals surface area contributed by atoms with Crippen molar-refractivity contribution >= 4 is 0 Å². The number of rotatable bonds is 0. The molecular formula is C42H36N2O. The van der Waals surface area contributed by atoms with Crippen LogP contribution in [-0.4, -0.2) is 9.97 Å². The van der Waals surface area contributed by atoms with Gasteiger partial charge in [-0.2, -0.15) is 0 Å². The van der Waals surface area contributed by atoms with Crippen LogP contribution in [0.5, 0.6) is 11.5 Å². The third-order valence-corrected chi connectivity index (χ3v) is 9.49. The van der Waals surface area contributed by atoms with E-state index in [9.17, 15) is 0 Å². The molecule has 0 aliphatic carbocycles. The Morgan fingerprint density at radius 3 is 1.82 bits per heavy atom. The van der Waals surface area contributed by atoms with Gasteiger partial charge in [-0.3, -0.25) is 9.97 Å². The molecule has 3 heteroatoms. The van der Waals surface area contributed by atoms with Gasteiger partial charge in [-0.1, -0.05) is 91.0 Å². The number of pyridine rings is 2. The second-order valence-electron chi connectivity index (χ2n) is 13.0. The molecule has 0 amide bonds. The van der Waals surface area contributed by atoms with Crippen molar-refractivity contribution < 1.29 is 4.74 Å². The van der Waals surface area contributed by atoms with Crippen molar-refractivity contribution in [3.05, 3.63) is 166 Å². The molecule has 2 aromatic heterocycles. The molecule has 0 radical (unpaired) electrons. The van der Waals surface area contributed by atoms with Crippen LogP contribution in [0.15, 0.2) is 121 Å². The van der Waals surface area contributed by atoms with Gasteiger partial charge in [-0.25, -0.2) is 0 Å². The van der Waals surface area contributed by atoms with E-state index in [0.29, 0.717) is 0 Å². The fourth-order valence-electron chi connectivity index (χ4n) is 6.77. The molecule has 0 N–H and O–H groups in total. The molecule has 0 unspecified atom stereocenters. The van der Waals surface area contributed by atoms with Crippen molar-refractivity contribution in [2.75, 3.05) is 0 Å². The summed E-state index contributed by atoms with van der Waals surface area (Å²) in [6, 6.07) is 43.8. The molecule has 0 saturated carbocycles. The molecule has 8 aliphatic heterocycles. The maximum absolute atomic E-state index is 6.56. The fourth-order valence-corrected chi connectivity index (χ4v) is 6.77. The number of para-hydroxylation sites is 1. The lowest BCUT2D eigenvalue weighted by atomic mass is 9.84. The highest BCUT2D eigenvalue weighted by atomic mass is 16.5. The van der Waals surface area contributed by atoms with Crippen LogP contribution < -0.4 is 4.74 Å². The van der Waals surface area contributed by atoms with Gasteiger partial charge < -0.3 is 4.74 Å². The number of benzene rings is 4. The smallest absolute Gasteiger partial charge is 0.134 e. The molecule has 6 aromatic rings. The van der Waals surface area contributed by atoms with Crippen LogP contribution in [0.4, 0.5) is 0 Å². The largest absolute Gasteiger partial charge is 0.456 e. The molecular weight excluding hydrogens is 548 g/mol. The predicted molar refractivity (Wildman–Crippen MR) is 182 cm³/mol. The first kappa shape index (κ1) is 27.5. The second kappa shape index (κ2) is 11.2. The van der Waals surface area contributed by atoms with E-state index in [0.717, 1.165) is 77.5 Å². The molecule has 4 aromatic carbocycles. The third kappa shape index (κ3) is 5.33. The van der Waals surface area contributed by atoms with Crippen molar-refractivity contribution in [2.24, 2.45) is 0 Å². The van der Waals surface area contributed by atoms with E-state index in [1.165, 1.54) is 33.4 Å². The van der Waals surface area contributed by atoms with Gasteiger partial charge in [0.15, 0.2) is 0 Å². The van der Waals surface area contributed by atoms with Crippen molar-refractivity contribution in [1.82, 2.24) is 9.97 Å². The van der Waals surface area contributed by atoms with Gasteiger partial charge in [0.2, 0.25) is 0 Å². The van der Waals surface area contributed by atoms with Crippen LogP contribution in [0.25, 0.3) is 22.5 Å². The summed E-state index contributed by atoms with van der Waals surface area (Å²) in [5, 5.41) is 0. The van der Waals surface area contributed by atoms with Crippen LogP contribution in [0.1, 0.15) is 65.0 Å². The van der Waals surface area contributed by atoms with E-state index in [-0.39, 0.29) is 5.41 Å². The minimum absolute atomic E-state index is 0.356. The first-order valence-electron chi connectivity index (χ1n) is 16.0. The minimum Gasteiger partial charge on any atom is -0.456 e. The quantitative estimate of drug-likeness (QED) is 0.178. The summed E-state index contributed by atoms with van der Waals surface area (Å²) in [5.74, 6) is 2.04. The van der Waals surface area contributed by atoms with Crippen LogP contribution in [0.3, 0.4) is 0 Å². The Morgan fingerprint density at radius 2 is 1.13 bits per heavy atom. The zero-order valence-corrected chi connectivity index (χ0v) is 25.9. The highest BCUT2D eigenvalue weighted by Crippen LogP contribution is 2.40. The zero-order valence-electron chi connectivity index (χ0n) is 25.9. The topological polar surface area (TPSA) is 35.0 Å². The number of hydrogen-bond acceptors (Lipinski definition) is 3. The molecule has 10 heterocycles. The lowest BCUT2D eigenvalue weighted by Gasteiger charge is -2.25. The summed E-state index contributed by atoms with van der Waals surface area (Å²) in [7, 11) is 0. The number of aryl methyl sites for hydroxylation is 2. The van der Waals surface area contributed by atoms with Gasteiger partial charge in [0, 0.05) is 23.0 Å². The van der Waals surface area contributed by atoms with E-state index in [2.05, 4.69) is 135 Å². The van der Waals surface area contributed by atoms with Crippen molar-refractivity contribution in [3.63, 3.8) is 0 Å². The monoisotopic (exact) mass is 584 g/mol. The summed E-state index contributed by atoms with van der Waals surface area (Å²) in [6.07, 6.45) is 4.86. The third-order valence-electron chi connectivity index (χ3n) is 9.49. The molecule has 0 atom stereocenters. The van der Waals surface area contributed by atoms with Gasteiger partial charge in [-0.05, 0) is 103 Å². The first-order chi connectivity index (χ1) is 22.0. The Labute approximate surface area is 265 Å². The van der Waals surface area contributed by atoms with Crippen LogP contribution in [0.2, 0.25) is 0 Å². The highest BCUT2D eigenvalue weighted by Gasteiger charge is 2.27. The molecule has 0 spiro atoms. The van der Waals surface area contributed by atoms with Crippen molar-refractivity contribution in [3.8, 4) is 34.0 Å². The molecule has 3 nitrogen and oxygen atoms in total. The molecule has 220 valence electrons. The van der Waals surface area contributed by atoms with E-state index < -0.39 is 0 Å². The molecule has 14 bridgehead atoms. The summed E-state index contributed by atoms with van der Waals surface area (Å²) < 4.78 is 6.56. The molecule has 14 rings (SSSR count). The van der Waals surface area contributed by atoms with Gasteiger partial charge in [-0.15, -0.1) is 0 Å². The van der Waals surface area contributed by atoms with Crippen LogP contribution in [0, 0.1) is 0 Å². The number of hydrogen-bond donors (Lipinski definition) is 0. The number of nitrogens with zero attached hydrogens (tertiary/aromatic N) is 2. The Bertz CT molecular complexity index is 2020. The van der Waals surface area contributed by atoms with E-state index in [1.807, 2.05) is 0 Å². The van der Waals surface area contributed by atoms with Crippen LogP contribution in [-0.2, 0) is 31.1 Å². The average molecular weight is 585 g/mol. The van der Waals surface area contributed by atoms with Gasteiger partial charge in [0.1, 0.15) is 11.5 Å². The fraction of sp³-hybridized carbons (Fsp3) is 0.190. The van der Waals surface area contributed by atoms with Gasteiger partial charge >= 0.3 is 0 Å². The average Bonchev–Trinajstić information content (AvgIpc) is 3.08. The maximum Gasteiger partial charge on any atom is 0.134 e. The van der Waals surface area contributed by atoms with E-state index in [4.69, 9.17) is 14.7 Å². The molecule has 8 aliphatic rings. The Balaban J connectivity index is 1.19. The van der Waals surface area contributed by atoms with Crippen molar-refractivity contribution in [1.29, 1.82) is 0 Å². The van der Waals surface area contributed by atoms with Crippen LogP contribution >= 0.6 is 0 Å². The Kier molecular flexibility index (Phi) is 6.83. The predicted octanol–water partition coefficient (Wildman–Crippen LogP) is 9.91. The van der Waals surface area contributed by atoms with Gasteiger partial charge in [0.25, 0.3) is 0 Å². The maximum atomic E-state index is 6.56. The molecule has 0 fully saturated rings. The standard InChI is InChI=1S/C42H36N2O/c1-42(2)39-13-5-11-36(43-39)31-20-15-28(16-21-31)7-3-8-33-9-4-10-34-27-35-26-30(19-24-38(35)45-41(33)34)25-29-17-22-32(23-18-29)37-12-6-14-40(42)44-37/h4-6,9-24,26H,3,7-8,25,27H2,1-2H3. The molecule has 45 heavy (non-hydrogen) atoms. The summed E-state index contributed by atoms with van der Waals surface area (Å²) in [4.78, 5) is 10.3. The first-order valence-corrected chi connectivity index (χ1v) is 16.0. The summed E-state index contributed by atoms with van der Waals surface area (Å²) >= 11 is 0. The number of aromatic nitrogens is 2. The van der Waals surface area contributed by atoms with Crippen molar-refractivity contribution in [2.45, 2.75) is 51.4 Å². The summed E-state index contributed by atoms with van der Waals surface area (Å²) in [5.41, 5.74) is 13.6. The highest BCUT2D eigenvalue weighted by molar-refractivity contribution is 5.62. The Hall–Kier alpha value is -5.02. The zero-order chi connectivity index (χ0) is 30.4. The van der Waals surface area contributed by atoms with E-state index in [1.54, 1.807) is 0 Å². The Morgan fingerprint density at radius 1 is 0.533 bits per heavy atom. The lowest BCUT2D eigenvalue weighted by molar-refractivity contribution is 0.452. The lowest BCUT2D eigenvalue weighted by Crippen LogP contribution is -2.22. The second-order valence-corrected chi connectivity index (χ2v) is 13.0. The minimum atomic E-state index is -0.356. The SMILES string of the molecule is CC1(C)c2cccc(n2)-c2ccc(cc2)CCCc2cccc3c2Oc2ccc(cc2C3)Cc2ccc(cc2)-c2cccc1n2. The normalized spacial score (nSPS) is 14.8. The number of ether oxygens (including phenoxy) is 1. The van der Waals surface area contributed by atoms with Gasteiger partial charge in [0.05, 0.1) is 22.8 Å². The van der Waals surface area contributed by atoms with E-state index >= 15 is 0 Å². The summed E-state index contributed by atoms with van der Waals surface area (Å²) in [6.45, 7) is 4.43.